The molecule has 0 bridgehead atoms. The molecule has 1 N–H and O–H groups in total. The van der Waals surface area contributed by atoms with Crippen LogP contribution in [0.25, 0.3) is 0 Å². The summed E-state index contributed by atoms with van der Waals surface area (Å²) < 4.78 is 21.0. The molecule has 1 aromatic carbocycles. The first-order valence-electron chi connectivity index (χ1n) is 6.41. The number of furan rings is 1. The molecule has 6 nitrogen and oxygen atoms in total. The van der Waals surface area contributed by atoms with Crippen LogP contribution in [0.15, 0.2) is 41.0 Å². The molecule has 0 unspecified atom stereocenters. The summed E-state index contributed by atoms with van der Waals surface area (Å²) in [5.74, 6) is 1.67. The van der Waals surface area contributed by atoms with Gasteiger partial charge >= 0.3 is 0 Å². The van der Waals surface area contributed by atoms with E-state index in [0.717, 1.165) is 0 Å². The van der Waals surface area contributed by atoms with Gasteiger partial charge < -0.3 is 23.9 Å². The van der Waals surface area contributed by atoms with Gasteiger partial charge in [-0.1, -0.05) is 6.07 Å². The Bertz CT molecular complexity index is 580. The van der Waals surface area contributed by atoms with Gasteiger partial charge in [0.1, 0.15) is 6.61 Å². The number of hydrogen-bond donors (Lipinski definition) is 1. The molecule has 2 rings (SSSR count). The second-order valence-electron chi connectivity index (χ2n) is 4.07. The van der Waals surface area contributed by atoms with Crippen LogP contribution in [-0.2, 0) is 0 Å². The lowest BCUT2D eigenvalue weighted by atomic mass is 10.3. The average molecular weight is 291 g/mol. The molecule has 0 saturated carbocycles. The van der Waals surface area contributed by atoms with Crippen molar-refractivity contribution in [3.8, 4) is 17.2 Å². The smallest absolute Gasteiger partial charge is 0.287 e. The third-order valence-electron chi connectivity index (χ3n) is 2.76. The monoisotopic (exact) mass is 291 g/mol. The van der Waals surface area contributed by atoms with Crippen molar-refractivity contribution in [1.29, 1.82) is 0 Å². The molecule has 1 amide bonds. The molecule has 112 valence electrons. The molecule has 21 heavy (non-hydrogen) atoms. The summed E-state index contributed by atoms with van der Waals surface area (Å²) in [6, 6.07) is 8.62. The molecule has 2 aromatic rings. The first-order valence-corrected chi connectivity index (χ1v) is 6.41. The van der Waals surface area contributed by atoms with Gasteiger partial charge in [0.25, 0.3) is 5.91 Å². The van der Waals surface area contributed by atoms with E-state index >= 15 is 0 Å². The standard InChI is InChI=1S/C15H17NO5/c1-18-11-5-3-6-12(14(11)19-2)21-10-8-16-15(17)13-7-4-9-20-13/h3-7,9H,8,10H2,1-2H3,(H,16,17). The molecule has 6 heteroatoms. The van der Waals surface area contributed by atoms with Crippen LogP contribution < -0.4 is 19.5 Å². The van der Waals surface area contributed by atoms with Gasteiger partial charge in [-0.2, -0.15) is 0 Å². The molecule has 0 aliphatic carbocycles. The summed E-state index contributed by atoms with van der Waals surface area (Å²) in [5.41, 5.74) is 0. The molecule has 0 fully saturated rings. The quantitative estimate of drug-likeness (QED) is 0.791. The van der Waals surface area contributed by atoms with Gasteiger partial charge in [0.05, 0.1) is 27.0 Å². The zero-order valence-electron chi connectivity index (χ0n) is 11.9. The Morgan fingerprint density at radius 2 is 1.95 bits per heavy atom. The highest BCUT2D eigenvalue weighted by Crippen LogP contribution is 2.36. The second kappa shape index (κ2) is 7.23. The van der Waals surface area contributed by atoms with E-state index < -0.39 is 0 Å². The molecular formula is C15H17NO5. The minimum atomic E-state index is -0.277. The number of carbonyl (C=O) groups is 1. The van der Waals surface area contributed by atoms with Crippen LogP contribution in [0, 0.1) is 0 Å². The number of hydrogen-bond acceptors (Lipinski definition) is 5. The van der Waals surface area contributed by atoms with Gasteiger partial charge in [-0.3, -0.25) is 4.79 Å². The van der Waals surface area contributed by atoms with Gasteiger partial charge in [0.2, 0.25) is 5.75 Å². The largest absolute Gasteiger partial charge is 0.493 e. The first kappa shape index (κ1) is 14.8. The topological polar surface area (TPSA) is 69.9 Å². The van der Waals surface area contributed by atoms with Crippen molar-refractivity contribution in [2.24, 2.45) is 0 Å². The highest BCUT2D eigenvalue weighted by Gasteiger charge is 2.11. The van der Waals surface area contributed by atoms with Crippen molar-refractivity contribution in [3.05, 3.63) is 42.4 Å². The number of para-hydroxylation sites is 1. The predicted octanol–water partition coefficient (Wildman–Crippen LogP) is 2.11. The molecule has 0 aliphatic heterocycles. The van der Waals surface area contributed by atoms with E-state index in [1.54, 1.807) is 44.6 Å². The highest BCUT2D eigenvalue weighted by molar-refractivity contribution is 5.91. The maximum absolute atomic E-state index is 11.6. The van der Waals surface area contributed by atoms with E-state index in [1.807, 2.05) is 0 Å². The van der Waals surface area contributed by atoms with Crippen LogP contribution in [0.3, 0.4) is 0 Å². The summed E-state index contributed by atoms with van der Waals surface area (Å²) in [5, 5.41) is 2.69. The van der Waals surface area contributed by atoms with Gasteiger partial charge in [-0.25, -0.2) is 0 Å². The number of nitrogens with one attached hydrogen (secondary N) is 1. The summed E-state index contributed by atoms with van der Waals surface area (Å²) in [4.78, 5) is 11.6. The summed E-state index contributed by atoms with van der Waals surface area (Å²) in [6.07, 6.45) is 1.45. The SMILES string of the molecule is COc1cccc(OCCNC(=O)c2ccco2)c1OC. The Hall–Kier alpha value is -2.63. The van der Waals surface area contributed by atoms with Crippen LogP contribution in [0.2, 0.25) is 0 Å². The van der Waals surface area contributed by atoms with E-state index in [1.165, 1.54) is 6.26 Å². The number of ether oxygens (including phenoxy) is 3. The minimum absolute atomic E-state index is 0.272. The molecule has 0 radical (unpaired) electrons. The highest BCUT2D eigenvalue weighted by atomic mass is 16.5. The van der Waals surface area contributed by atoms with Crippen LogP contribution >= 0.6 is 0 Å². The second-order valence-corrected chi connectivity index (χ2v) is 4.07. The van der Waals surface area contributed by atoms with Gasteiger partial charge in [0, 0.05) is 0 Å². The zero-order valence-corrected chi connectivity index (χ0v) is 11.9. The molecule has 0 spiro atoms. The van der Waals surface area contributed by atoms with Crippen molar-refractivity contribution in [2.45, 2.75) is 0 Å². The van der Waals surface area contributed by atoms with Crippen LogP contribution in [0.4, 0.5) is 0 Å². The molecule has 1 heterocycles. The fourth-order valence-electron chi connectivity index (χ4n) is 1.79. The molecule has 1 aromatic heterocycles. The van der Waals surface area contributed by atoms with Gasteiger partial charge in [0.15, 0.2) is 17.3 Å². The van der Waals surface area contributed by atoms with Crippen molar-refractivity contribution < 1.29 is 23.4 Å². The Labute approximate surface area is 122 Å². The van der Waals surface area contributed by atoms with Gasteiger partial charge in [-0.05, 0) is 24.3 Å². The van der Waals surface area contributed by atoms with Crippen molar-refractivity contribution in [3.63, 3.8) is 0 Å². The van der Waals surface area contributed by atoms with E-state index in [4.69, 9.17) is 18.6 Å². The minimum Gasteiger partial charge on any atom is -0.493 e. The fraction of sp³-hybridized carbons (Fsp3) is 0.267. The lowest BCUT2D eigenvalue weighted by Crippen LogP contribution is -2.27. The summed E-state index contributed by atoms with van der Waals surface area (Å²) in [7, 11) is 3.11. The Kier molecular flexibility index (Phi) is 5.09. The van der Waals surface area contributed by atoms with E-state index in [9.17, 15) is 4.79 Å². The third-order valence-corrected chi connectivity index (χ3v) is 2.76. The van der Waals surface area contributed by atoms with E-state index in [-0.39, 0.29) is 11.7 Å². The maximum atomic E-state index is 11.6. The number of carbonyl (C=O) groups excluding carboxylic acids is 1. The van der Waals surface area contributed by atoms with Crippen molar-refractivity contribution in [1.82, 2.24) is 5.32 Å². The van der Waals surface area contributed by atoms with Crippen molar-refractivity contribution >= 4 is 5.91 Å². The number of methoxy groups -OCH3 is 2. The Balaban J connectivity index is 1.85. The molecular weight excluding hydrogens is 274 g/mol. The van der Waals surface area contributed by atoms with Gasteiger partial charge in [-0.15, -0.1) is 0 Å². The molecule has 0 atom stereocenters. The van der Waals surface area contributed by atoms with Crippen LogP contribution in [-0.4, -0.2) is 33.3 Å². The predicted molar refractivity (Wildman–Crippen MR) is 76.1 cm³/mol. The summed E-state index contributed by atoms with van der Waals surface area (Å²) >= 11 is 0. The Morgan fingerprint density at radius 1 is 1.14 bits per heavy atom. The molecule has 0 aliphatic rings. The lowest BCUT2D eigenvalue weighted by molar-refractivity contribution is 0.0919. The van der Waals surface area contributed by atoms with Crippen LogP contribution in [0.1, 0.15) is 10.6 Å². The number of rotatable bonds is 7. The normalized spacial score (nSPS) is 10.0. The molecule has 0 saturated heterocycles. The average Bonchev–Trinajstić information content (AvgIpc) is 3.05. The van der Waals surface area contributed by atoms with Crippen molar-refractivity contribution in [2.75, 3.05) is 27.4 Å². The third kappa shape index (κ3) is 3.68. The number of benzene rings is 1. The first-order chi connectivity index (χ1) is 10.3. The lowest BCUT2D eigenvalue weighted by Gasteiger charge is -2.13. The maximum Gasteiger partial charge on any atom is 0.287 e. The fourth-order valence-corrected chi connectivity index (χ4v) is 1.79. The van der Waals surface area contributed by atoms with E-state index in [0.29, 0.717) is 30.4 Å². The number of amides is 1. The summed E-state index contributed by atoms with van der Waals surface area (Å²) in [6.45, 7) is 0.649. The van der Waals surface area contributed by atoms with E-state index in [2.05, 4.69) is 5.32 Å². The Morgan fingerprint density at radius 3 is 2.62 bits per heavy atom. The zero-order chi connectivity index (χ0) is 15.1. The van der Waals surface area contributed by atoms with Crippen LogP contribution in [0.5, 0.6) is 17.2 Å².